The third-order valence-electron chi connectivity index (χ3n) is 21.0. The smallest absolute Gasteiger partial charge is 0.144 e. The fraction of sp³-hybridized carbons (Fsp3) is 0. The van der Waals surface area contributed by atoms with Crippen molar-refractivity contribution >= 4 is 98.3 Å². The molecule has 6 heteroatoms. The number of rotatable bonds is 10. The molecule has 0 fully saturated rings. The number of para-hydroxylation sites is 3. The van der Waals surface area contributed by atoms with Crippen LogP contribution in [0.25, 0.3) is 194 Å². The average Bonchev–Trinajstić information content (AvgIpc) is 1.58. The van der Waals surface area contributed by atoms with Crippen LogP contribution in [0.5, 0.6) is 0 Å². The molecular formula is C102H67N3O3. The number of nitrogens with zero attached hydrogens (tertiary/aromatic N) is 3. The van der Waals surface area contributed by atoms with E-state index in [1.807, 2.05) is 54.6 Å². The lowest BCUT2D eigenvalue weighted by Gasteiger charge is -2.14. The molecule has 0 saturated carbocycles. The van der Waals surface area contributed by atoms with Gasteiger partial charge in [-0.05, 0) is 160 Å². The van der Waals surface area contributed by atoms with E-state index in [4.69, 9.17) is 13.3 Å². The fourth-order valence-electron chi connectivity index (χ4n) is 15.9. The zero-order chi connectivity index (χ0) is 71.4. The SMILES string of the molecule is c1ccc(-c2cc(-c3ccccc3)cc(-n3c4ccccc4c4c5oc(-c6ccccc6)cc5ccc43)c2)cc1.c1ccc(-c2ccc(-n3c4ccccc4c4c5oc(-c6ccccc6)cc5ccc43)cc2)cc1.c1ccc(-c2cccc(-n3c4ccccc4c4c5oc(-c6ccccc6)cc5ccc43)c2)cc1. The lowest BCUT2D eigenvalue weighted by atomic mass is 9.98. The molecule has 22 aromatic rings. The zero-order valence-corrected chi connectivity index (χ0v) is 58.7. The third-order valence-corrected chi connectivity index (χ3v) is 21.0. The van der Waals surface area contributed by atoms with Crippen LogP contribution in [-0.4, -0.2) is 13.7 Å². The number of hydrogen-bond donors (Lipinski definition) is 0. The summed E-state index contributed by atoms with van der Waals surface area (Å²) in [6, 6.07) is 143. The molecule has 0 aliphatic carbocycles. The minimum atomic E-state index is 0.886. The number of furan rings is 3. The summed E-state index contributed by atoms with van der Waals surface area (Å²) >= 11 is 0. The number of benzene rings is 16. The van der Waals surface area contributed by atoms with Gasteiger partial charge in [0.15, 0.2) is 0 Å². The first-order valence-electron chi connectivity index (χ1n) is 36.7. The van der Waals surface area contributed by atoms with Gasteiger partial charge in [0.2, 0.25) is 0 Å². The highest BCUT2D eigenvalue weighted by atomic mass is 16.3. The molecule has 0 radical (unpaired) electrons. The van der Waals surface area contributed by atoms with Gasteiger partial charge in [-0.15, -0.1) is 0 Å². The molecule has 0 atom stereocenters. The van der Waals surface area contributed by atoms with E-state index in [-0.39, 0.29) is 0 Å². The summed E-state index contributed by atoms with van der Waals surface area (Å²) < 4.78 is 26.7. The van der Waals surface area contributed by atoms with Gasteiger partial charge < -0.3 is 27.0 Å². The molecule has 0 aliphatic rings. The Morgan fingerprint density at radius 2 is 0.435 bits per heavy atom. The largest absolute Gasteiger partial charge is 0.455 e. The summed E-state index contributed by atoms with van der Waals surface area (Å²) in [6.45, 7) is 0. The van der Waals surface area contributed by atoms with E-state index in [1.165, 1.54) is 71.7 Å². The molecule has 0 spiro atoms. The van der Waals surface area contributed by atoms with Crippen molar-refractivity contribution in [3.05, 3.63) is 406 Å². The third kappa shape index (κ3) is 11.3. The molecule has 0 aliphatic heterocycles. The molecule has 16 aromatic carbocycles. The van der Waals surface area contributed by atoms with Crippen LogP contribution in [0.2, 0.25) is 0 Å². The van der Waals surface area contributed by atoms with Crippen LogP contribution in [0, 0.1) is 0 Å². The lowest BCUT2D eigenvalue weighted by molar-refractivity contribution is 0.635. The Hall–Kier alpha value is -14.5. The van der Waals surface area contributed by atoms with E-state index in [0.717, 1.165) is 122 Å². The fourth-order valence-corrected chi connectivity index (χ4v) is 15.9. The molecule has 22 rings (SSSR count). The van der Waals surface area contributed by atoms with Crippen molar-refractivity contribution in [1.82, 2.24) is 13.7 Å². The zero-order valence-electron chi connectivity index (χ0n) is 58.7. The quantitative estimate of drug-likeness (QED) is 0.137. The normalized spacial score (nSPS) is 11.5. The Morgan fingerprint density at radius 3 is 0.806 bits per heavy atom. The van der Waals surface area contributed by atoms with Crippen LogP contribution in [0.4, 0.5) is 0 Å². The van der Waals surface area contributed by atoms with Gasteiger partial charge in [-0.1, -0.05) is 291 Å². The van der Waals surface area contributed by atoms with Gasteiger partial charge in [-0.2, -0.15) is 0 Å². The minimum Gasteiger partial charge on any atom is -0.455 e. The van der Waals surface area contributed by atoms with Crippen LogP contribution < -0.4 is 0 Å². The first-order chi connectivity index (χ1) is 53.6. The van der Waals surface area contributed by atoms with Crippen molar-refractivity contribution in [2.45, 2.75) is 0 Å². The van der Waals surface area contributed by atoms with E-state index in [0.29, 0.717) is 0 Å². The van der Waals surface area contributed by atoms with Gasteiger partial charge in [0.1, 0.15) is 34.0 Å². The van der Waals surface area contributed by atoms with E-state index in [2.05, 4.69) is 366 Å². The summed E-state index contributed by atoms with van der Waals surface area (Å²) in [4.78, 5) is 0. The topological polar surface area (TPSA) is 54.2 Å². The molecule has 508 valence electrons. The molecule has 0 bridgehead atoms. The van der Waals surface area contributed by atoms with E-state index in [9.17, 15) is 0 Å². The molecule has 0 N–H and O–H groups in total. The standard InChI is InChI=1S/C38H25NO.2C32H21NO/c1-4-12-26(13-5-1)30-22-31(27-14-6-2-7-15-27)24-32(23-30)39-34-19-11-10-18-33(34)37-35(39)21-20-29-25-36(40-38(29)37)28-16-8-3-9-17-28;1-3-10-22(11-4-1)24-14-9-15-26(20-24)33-28-17-8-7-16-27(28)31-29(33)19-18-25-21-30(34-32(25)31)23-12-5-2-6-13-23;1-3-9-22(10-4-1)23-15-18-26(19-16-23)33-28-14-8-7-13-27(28)31-29(33)20-17-25-21-30(34-32(25)31)24-11-5-2-6-12-24/h1-25H;2*1-21H. The second-order valence-electron chi connectivity index (χ2n) is 27.5. The second-order valence-corrected chi connectivity index (χ2v) is 27.5. The van der Waals surface area contributed by atoms with E-state index >= 15 is 0 Å². The van der Waals surface area contributed by atoms with Crippen molar-refractivity contribution in [2.24, 2.45) is 0 Å². The molecule has 108 heavy (non-hydrogen) atoms. The highest BCUT2D eigenvalue weighted by Crippen LogP contribution is 2.45. The molecule has 6 heterocycles. The maximum Gasteiger partial charge on any atom is 0.144 e. The maximum absolute atomic E-state index is 6.60. The highest BCUT2D eigenvalue weighted by Gasteiger charge is 2.23. The molecule has 0 saturated heterocycles. The first-order valence-corrected chi connectivity index (χ1v) is 36.7. The highest BCUT2D eigenvalue weighted by molar-refractivity contribution is 6.22. The van der Waals surface area contributed by atoms with Crippen molar-refractivity contribution in [3.8, 4) is 95.5 Å². The van der Waals surface area contributed by atoms with Crippen LogP contribution in [-0.2, 0) is 0 Å². The van der Waals surface area contributed by atoms with Gasteiger partial charge in [0.25, 0.3) is 0 Å². The Kier molecular flexibility index (Phi) is 15.8. The van der Waals surface area contributed by atoms with Crippen LogP contribution in [0.15, 0.2) is 420 Å². The minimum absolute atomic E-state index is 0.886. The van der Waals surface area contributed by atoms with Crippen LogP contribution in [0.3, 0.4) is 0 Å². The Bertz CT molecular complexity index is 6990. The number of hydrogen-bond acceptors (Lipinski definition) is 3. The summed E-state index contributed by atoms with van der Waals surface area (Å²) in [5.41, 5.74) is 26.0. The molecular weight excluding hydrogens is 1320 g/mol. The van der Waals surface area contributed by atoms with E-state index < -0.39 is 0 Å². The van der Waals surface area contributed by atoms with Crippen LogP contribution in [0.1, 0.15) is 0 Å². The second kappa shape index (κ2) is 27.0. The molecule has 6 aromatic heterocycles. The number of aromatic nitrogens is 3. The molecule has 0 unspecified atom stereocenters. The van der Waals surface area contributed by atoms with Crippen molar-refractivity contribution in [1.29, 1.82) is 0 Å². The monoisotopic (exact) mass is 1380 g/mol. The lowest BCUT2D eigenvalue weighted by Crippen LogP contribution is -1.96. The van der Waals surface area contributed by atoms with Gasteiger partial charge in [0.05, 0.1) is 49.3 Å². The van der Waals surface area contributed by atoms with Crippen molar-refractivity contribution in [2.75, 3.05) is 0 Å². The van der Waals surface area contributed by atoms with Gasteiger partial charge >= 0.3 is 0 Å². The van der Waals surface area contributed by atoms with Gasteiger partial charge in [-0.25, -0.2) is 0 Å². The van der Waals surface area contributed by atoms with Crippen LogP contribution >= 0.6 is 0 Å². The predicted octanol–water partition coefficient (Wildman–Crippen LogP) is 28.3. The first kappa shape index (κ1) is 63.2. The average molecular weight is 1380 g/mol. The van der Waals surface area contributed by atoms with Gasteiger partial charge in [-0.3, -0.25) is 0 Å². The molecule has 0 amide bonds. The Labute approximate surface area is 623 Å². The maximum atomic E-state index is 6.60. The Balaban J connectivity index is 0.000000107. The van der Waals surface area contributed by atoms with Crippen molar-refractivity contribution < 1.29 is 13.3 Å². The summed E-state index contributed by atoms with van der Waals surface area (Å²) in [5, 5.41) is 10.4. The molecule has 6 nitrogen and oxygen atoms in total. The Morgan fingerprint density at radius 1 is 0.157 bits per heavy atom. The van der Waals surface area contributed by atoms with Crippen molar-refractivity contribution in [3.63, 3.8) is 0 Å². The summed E-state index contributed by atoms with van der Waals surface area (Å²) in [6.07, 6.45) is 0. The summed E-state index contributed by atoms with van der Waals surface area (Å²) in [7, 11) is 0. The number of fused-ring (bicyclic) bond motifs is 15. The summed E-state index contributed by atoms with van der Waals surface area (Å²) in [5.74, 6) is 2.68. The van der Waals surface area contributed by atoms with E-state index in [1.54, 1.807) is 0 Å². The predicted molar refractivity (Wildman–Crippen MR) is 450 cm³/mol. The van der Waals surface area contributed by atoms with Gasteiger partial charge in [0, 0.05) is 66.1 Å².